The van der Waals surface area contributed by atoms with Gasteiger partial charge >= 0.3 is 0 Å². The second-order valence-corrected chi connectivity index (χ2v) is 3.36. The molecule has 3 N–H and O–H groups in total. The molecule has 68 valence electrons. The fourth-order valence-electron chi connectivity index (χ4n) is 1.33. The summed E-state index contributed by atoms with van der Waals surface area (Å²) >= 11 is 5.85. The summed E-state index contributed by atoms with van der Waals surface area (Å²) in [5.74, 6) is 0.934. The molecule has 0 spiro atoms. The number of imidazole rings is 1. The molecule has 1 aromatic carbocycles. The number of aromatic nitrogens is 2. The number of hydrogen-bond donors (Lipinski definition) is 2. The number of hydrogen-bond acceptors (Lipinski definition) is 2. The third-order valence-corrected chi connectivity index (χ3v) is 2.18. The van der Waals surface area contributed by atoms with Gasteiger partial charge in [0, 0.05) is 11.4 Å². The van der Waals surface area contributed by atoms with Crippen molar-refractivity contribution in [3.63, 3.8) is 0 Å². The van der Waals surface area contributed by atoms with Crippen LogP contribution in [0.15, 0.2) is 12.1 Å². The van der Waals surface area contributed by atoms with Gasteiger partial charge in [-0.15, -0.1) is 0 Å². The Bertz CT molecular complexity index is 447. The lowest BCUT2D eigenvalue weighted by Crippen LogP contribution is -1.86. The molecule has 4 heteroatoms. The van der Waals surface area contributed by atoms with E-state index in [2.05, 4.69) is 9.97 Å². The fourth-order valence-corrected chi connectivity index (χ4v) is 1.55. The number of aromatic amines is 1. The van der Waals surface area contributed by atoms with Crippen molar-refractivity contribution in [2.24, 2.45) is 0 Å². The Balaban J connectivity index is 2.75. The highest BCUT2D eigenvalue weighted by molar-refractivity contribution is 6.31. The standard InChI is InChI=1S/C9H10ClN3/c1-2-8-12-7-4-5(10)3-6(11)9(7)13-8/h3-4H,2,11H2,1H3,(H,12,13). The summed E-state index contributed by atoms with van der Waals surface area (Å²) in [6.45, 7) is 2.04. The summed E-state index contributed by atoms with van der Waals surface area (Å²) in [7, 11) is 0. The molecule has 0 saturated carbocycles. The molecule has 0 radical (unpaired) electrons. The first-order chi connectivity index (χ1) is 6.20. The van der Waals surface area contributed by atoms with E-state index >= 15 is 0 Å². The fraction of sp³-hybridized carbons (Fsp3) is 0.222. The van der Waals surface area contributed by atoms with Crippen molar-refractivity contribution in [3.8, 4) is 0 Å². The van der Waals surface area contributed by atoms with Crippen LogP contribution in [-0.2, 0) is 6.42 Å². The van der Waals surface area contributed by atoms with E-state index in [1.165, 1.54) is 0 Å². The highest BCUT2D eigenvalue weighted by Crippen LogP contribution is 2.23. The average molecular weight is 196 g/mol. The second kappa shape index (κ2) is 2.92. The van der Waals surface area contributed by atoms with Crippen molar-refractivity contribution < 1.29 is 0 Å². The smallest absolute Gasteiger partial charge is 0.112 e. The van der Waals surface area contributed by atoms with Crippen molar-refractivity contribution >= 4 is 28.3 Å². The van der Waals surface area contributed by atoms with Crippen molar-refractivity contribution in [2.75, 3.05) is 5.73 Å². The van der Waals surface area contributed by atoms with Crippen LogP contribution in [0.3, 0.4) is 0 Å². The minimum atomic E-state index is 0.624. The highest BCUT2D eigenvalue weighted by Gasteiger charge is 2.05. The number of benzene rings is 1. The van der Waals surface area contributed by atoms with E-state index in [9.17, 15) is 0 Å². The van der Waals surface area contributed by atoms with Crippen molar-refractivity contribution in [1.82, 2.24) is 9.97 Å². The summed E-state index contributed by atoms with van der Waals surface area (Å²) in [4.78, 5) is 7.48. The van der Waals surface area contributed by atoms with Gasteiger partial charge in [0.2, 0.25) is 0 Å². The molecule has 2 aromatic rings. The zero-order chi connectivity index (χ0) is 9.42. The Hall–Kier alpha value is -1.22. The molecule has 0 aliphatic rings. The maximum absolute atomic E-state index is 5.85. The third kappa shape index (κ3) is 1.35. The molecule has 0 amide bonds. The van der Waals surface area contributed by atoms with Gasteiger partial charge in [-0.25, -0.2) is 4.98 Å². The van der Waals surface area contributed by atoms with Crippen LogP contribution in [0.2, 0.25) is 5.02 Å². The molecule has 2 rings (SSSR count). The maximum Gasteiger partial charge on any atom is 0.112 e. The summed E-state index contributed by atoms with van der Waals surface area (Å²) in [6, 6.07) is 3.55. The summed E-state index contributed by atoms with van der Waals surface area (Å²) in [5, 5.41) is 0.635. The van der Waals surface area contributed by atoms with Crippen LogP contribution in [-0.4, -0.2) is 9.97 Å². The molecule has 0 aliphatic heterocycles. The van der Waals surface area contributed by atoms with Gasteiger partial charge in [-0.05, 0) is 12.1 Å². The van der Waals surface area contributed by atoms with E-state index in [4.69, 9.17) is 17.3 Å². The molecular weight excluding hydrogens is 186 g/mol. The van der Waals surface area contributed by atoms with Crippen molar-refractivity contribution in [3.05, 3.63) is 23.0 Å². The molecular formula is C9H10ClN3. The molecule has 3 nitrogen and oxygen atoms in total. The minimum Gasteiger partial charge on any atom is -0.397 e. The Morgan fingerprint density at radius 2 is 2.31 bits per heavy atom. The zero-order valence-electron chi connectivity index (χ0n) is 7.26. The van der Waals surface area contributed by atoms with Gasteiger partial charge in [-0.3, -0.25) is 0 Å². The first-order valence-corrected chi connectivity index (χ1v) is 4.52. The number of halogens is 1. The number of nitrogens with one attached hydrogen (secondary N) is 1. The summed E-state index contributed by atoms with van der Waals surface area (Å²) in [5.41, 5.74) is 8.09. The van der Waals surface area contributed by atoms with Gasteiger partial charge in [0.1, 0.15) is 11.3 Å². The third-order valence-electron chi connectivity index (χ3n) is 1.96. The van der Waals surface area contributed by atoms with Crippen LogP contribution in [0.25, 0.3) is 11.0 Å². The van der Waals surface area contributed by atoms with Crippen LogP contribution >= 0.6 is 11.6 Å². The predicted molar refractivity (Wildman–Crippen MR) is 54.9 cm³/mol. The number of fused-ring (bicyclic) bond motifs is 1. The van der Waals surface area contributed by atoms with E-state index in [-0.39, 0.29) is 0 Å². The van der Waals surface area contributed by atoms with E-state index in [1.54, 1.807) is 6.07 Å². The van der Waals surface area contributed by atoms with Crippen LogP contribution in [0.1, 0.15) is 12.7 Å². The molecule has 0 unspecified atom stereocenters. The van der Waals surface area contributed by atoms with Gasteiger partial charge in [0.25, 0.3) is 0 Å². The quantitative estimate of drug-likeness (QED) is 0.687. The van der Waals surface area contributed by atoms with Crippen LogP contribution in [0.4, 0.5) is 5.69 Å². The number of H-pyrrole nitrogens is 1. The number of nitrogens with zero attached hydrogens (tertiary/aromatic N) is 1. The first-order valence-electron chi connectivity index (χ1n) is 4.14. The summed E-state index contributed by atoms with van der Waals surface area (Å²) < 4.78 is 0. The van der Waals surface area contributed by atoms with E-state index in [1.807, 2.05) is 13.0 Å². The Morgan fingerprint density at radius 3 is 3.00 bits per heavy atom. The average Bonchev–Trinajstić information content (AvgIpc) is 2.47. The number of rotatable bonds is 1. The first kappa shape index (κ1) is 8.38. The van der Waals surface area contributed by atoms with Gasteiger partial charge < -0.3 is 10.7 Å². The van der Waals surface area contributed by atoms with Gasteiger partial charge in [0.15, 0.2) is 0 Å². The van der Waals surface area contributed by atoms with Gasteiger partial charge in [0.05, 0.1) is 11.2 Å². The van der Waals surface area contributed by atoms with Crippen molar-refractivity contribution in [2.45, 2.75) is 13.3 Å². The van der Waals surface area contributed by atoms with Crippen LogP contribution in [0, 0.1) is 0 Å². The molecule has 0 aliphatic carbocycles. The van der Waals surface area contributed by atoms with Gasteiger partial charge in [-0.2, -0.15) is 0 Å². The Morgan fingerprint density at radius 1 is 1.54 bits per heavy atom. The highest BCUT2D eigenvalue weighted by atomic mass is 35.5. The number of nitrogens with two attached hydrogens (primary N) is 1. The predicted octanol–water partition coefficient (Wildman–Crippen LogP) is 2.36. The SMILES string of the molecule is CCc1nc2c(N)cc(Cl)cc2[nH]1. The second-order valence-electron chi connectivity index (χ2n) is 2.93. The topological polar surface area (TPSA) is 54.7 Å². The molecule has 0 bridgehead atoms. The normalized spacial score (nSPS) is 10.9. The number of nitrogen functional groups attached to an aromatic ring is 1. The Labute approximate surface area is 80.9 Å². The maximum atomic E-state index is 5.85. The van der Waals surface area contributed by atoms with E-state index < -0.39 is 0 Å². The summed E-state index contributed by atoms with van der Waals surface area (Å²) in [6.07, 6.45) is 0.867. The molecule has 0 saturated heterocycles. The van der Waals surface area contributed by atoms with Crippen LogP contribution < -0.4 is 5.73 Å². The number of aryl methyl sites for hydroxylation is 1. The lowest BCUT2D eigenvalue weighted by Gasteiger charge is -1.94. The molecule has 0 atom stereocenters. The van der Waals surface area contributed by atoms with E-state index in [0.717, 1.165) is 23.3 Å². The van der Waals surface area contributed by atoms with Crippen LogP contribution in [0.5, 0.6) is 0 Å². The van der Waals surface area contributed by atoms with E-state index in [0.29, 0.717) is 10.7 Å². The molecule has 1 heterocycles. The molecule has 0 fully saturated rings. The zero-order valence-corrected chi connectivity index (χ0v) is 8.02. The monoisotopic (exact) mass is 195 g/mol. The van der Waals surface area contributed by atoms with Crippen molar-refractivity contribution in [1.29, 1.82) is 0 Å². The minimum absolute atomic E-state index is 0.624. The Kier molecular flexibility index (Phi) is 1.88. The molecule has 1 aromatic heterocycles. The van der Waals surface area contributed by atoms with Gasteiger partial charge in [-0.1, -0.05) is 18.5 Å². The number of anilines is 1. The lowest BCUT2D eigenvalue weighted by atomic mass is 10.3. The lowest BCUT2D eigenvalue weighted by molar-refractivity contribution is 1.00. The molecule has 13 heavy (non-hydrogen) atoms. The largest absolute Gasteiger partial charge is 0.397 e.